The monoisotopic (exact) mass is 320 g/mol. The van der Waals surface area contributed by atoms with E-state index in [-0.39, 0.29) is 13.2 Å². The van der Waals surface area contributed by atoms with Crippen LogP contribution >= 0.6 is 0 Å². The van der Waals surface area contributed by atoms with Gasteiger partial charge in [0.15, 0.2) is 0 Å². The molecule has 0 amide bonds. The Labute approximate surface area is 139 Å². The first-order chi connectivity index (χ1) is 10.3. The fraction of sp³-hybridized carbons (Fsp3) is 0.316. The minimum atomic E-state index is -0.610. The Bertz CT molecular complexity index is 518. The van der Waals surface area contributed by atoms with Crippen molar-refractivity contribution in [3.05, 3.63) is 66.2 Å². The maximum atomic E-state index is 9.44. The molecule has 23 heavy (non-hydrogen) atoms. The molecule has 0 saturated carbocycles. The summed E-state index contributed by atoms with van der Waals surface area (Å²) in [7, 11) is 0. The van der Waals surface area contributed by atoms with Crippen LogP contribution in [-0.4, -0.2) is 16.1 Å². The summed E-state index contributed by atoms with van der Waals surface area (Å²) >= 11 is 0. The van der Waals surface area contributed by atoms with Crippen LogP contribution < -0.4 is 0 Å². The average molecular weight is 320 g/mol. The normalized spacial score (nSPS) is 9.26. The van der Waals surface area contributed by atoms with Crippen LogP contribution in [0.3, 0.4) is 0 Å². The standard InChI is InChI=1S/C9H12O2.C6H6O.C3H6O.CH4/c1-9(2,11-10)8-6-4-3-5-7-8;7-6-4-2-1-3-5-6;1-3(2)4;/h3-7,10H,1-2H3;1-5,7H;1-2H3;1H4. The number of phenols is 1. The molecule has 0 heterocycles. The zero-order chi connectivity index (χ0) is 17.0. The van der Waals surface area contributed by atoms with Gasteiger partial charge in [-0.25, -0.2) is 4.89 Å². The summed E-state index contributed by atoms with van der Waals surface area (Å²) in [5, 5.41) is 17.2. The number of Topliss-reactive ketones (excluding diaryl/α,β-unsaturated/α-hetero) is 1. The van der Waals surface area contributed by atoms with Crippen LogP contribution in [0.2, 0.25) is 0 Å². The number of phenolic OH excluding ortho intramolecular Hbond substituents is 1. The highest BCUT2D eigenvalue weighted by atomic mass is 17.1. The zero-order valence-electron chi connectivity index (χ0n) is 13.5. The molecular formula is C19H28O4. The molecule has 2 aromatic rings. The fourth-order valence-electron chi connectivity index (χ4n) is 1.32. The van der Waals surface area contributed by atoms with Crippen molar-refractivity contribution in [2.45, 2.75) is 40.7 Å². The largest absolute Gasteiger partial charge is 0.508 e. The molecule has 128 valence electrons. The Hall–Kier alpha value is -2.17. The summed E-state index contributed by atoms with van der Waals surface area (Å²) in [5.41, 5.74) is 0.351. The molecule has 2 rings (SSSR count). The maximum absolute atomic E-state index is 9.44. The third kappa shape index (κ3) is 12.1. The van der Waals surface area contributed by atoms with Gasteiger partial charge in [0.1, 0.15) is 17.1 Å². The van der Waals surface area contributed by atoms with Crippen molar-refractivity contribution >= 4 is 5.78 Å². The minimum Gasteiger partial charge on any atom is -0.508 e. The third-order valence-electron chi connectivity index (χ3n) is 2.45. The molecule has 0 spiro atoms. The molecule has 0 bridgehead atoms. The van der Waals surface area contributed by atoms with Crippen molar-refractivity contribution in [2.24, 2.45) is 0 Å². The number of ketones is 1. The minimum absolute atomic E-state index is 0. The lowest BCUT2D eigenvalue weighted by atomic mass is 9.99. The fourth-order valence-corrected chi connectivity index (χ4v) is 1.32. The molecule has 2 aromatic carbocycles. The van der Waals surface area contributed by atoms with Crippen molar-refractivity contribution in [3.8, 4) is 5.75 Å². The smallest absolute Gasteiger partial charge is 0.126 e. The molecule has 4 nitrogen and oxygen atoms in total. The first kappa shape index (κ1) is 23.1. The average Bonchev–Trinajstić information content (AvgIpc) is 2.49. The Morgan fingerprint density at radius 1 is 0.913 bits per heavy atom. The Morgan fingerprint density at radius 3 is 1.52 bits per heavy atom. The number of aromatic hydroxyl groups is 1. The number of carbonyl (C=O) groups excluding carboxylic acids is 1. The highest BCUT2D eigenvalue weighted by Gasteiger charge is 2.20. The number of hydrogen-bond donors (Lipinski definition) is 2. The first-order valence-electron chi connectivity index (χ1n) is 6.89. The van der Waals surface area contributed by atoms with E-state index in [4.69, 9.17) is 10.4 Å². The summed E-state index contributed by atoms with van der Waals surface area (Å²) < 4.78 is 0. The van der Waals surface area contributed by atoms with Crippen molar-refractivity contribution in [2.75, 3.05) is 0 Å². The van der Waals surface area contributed by atoms with Crippen molar-refractivity contribution in [1.29, 1.82) is 0 Å². The number of hydrogen-bond acceptors (Lipinski definition) is 4. The van der Waals surface area contributed by atoms with E-state index in [2.05, 4.69) is 4.89 Å². The van der Waals surface area contributed by atoms with E-state index in [0.717, 1.165) is 5.56 Å². The molecule has 0 saturated heterocycles. The van der Waals surface area contributed by atoms with Gasteiger partial charge in [-0.2, -0.15) is 0 Å². The summed E-state index contributed by atoms with van der Waals surface area (Å²) in [6.45, 7) is 6.67. The highest BCUT2D eigenvalue weighted by Crippen LogP contribution is 2.22. The van der Waals surface area contributed by atoms with Crippen LogP contribution in [0, 0.1) is 0 Å². The van der Waals surface area contributed by atoms with Crippen LogP contribution in [0.1, 0.15) is 40.7 Å². The lowest BCUT2D eigenvalue weighted by Gasteiger charge is -2.20. The van der Waals surface area contributed by atoms with Gasteiger partial charge in [-0.15, -0.1) is 0 Å². The summed E-state index contributed by atoms with van der Waals surface area (Å²) in [4.78, 5) is 13.8. The molecule has 0 aliphatic carbocycles. The third-order valence-corrected chi connectivity index (χ3v) is 2.45. The van der Waals surface area contributed by atoms with Gasteiger partial charge in [0.05, 0.1) is 0 Å². The van der Waals surface area contributed by atoms with Gasteiger partial charge in [0.25, 0.3) is 0 Å². The molecule has 0 atom stereocenters. The molecule has 0 aromatic heterocycles. The molecule has 0 unspecified atom stereocenters. The van der Waals surface area contributed by atoms with E-state index in [9.17, 15) is 4.79 Å². The van der Waals surface area contributed by atoms with E-state index in [0.29, 0.717) is 5.75 Å². The van der Waals surface area contributed by atoms with Crippen LogP contribution in [0.4, 0.5) is 0 Å². The number of rotatable bonds is 2. The maximum Gasteiger partial charge on any atom is 0.126 e. The Kier molecular flexibility index (Phi) is 12.4. The lowest BCUT2D eigenvalue weighted by Crippen LogP contribution is -2.19. The molecule has 4 heteroatoms. The number of carbonyl (C=O) groups is 1. The molecule has 0 radical (unpaired) electrons. The first-order valence-corrected chi connectivity index (χ1v) is 6.89. The van der Waals surface area contributed by atoms with Crippen LogP contribution in [0.5, 0.6) is 5.75 Å². The predicted octanol–water partition coefficient (Wildman–Crippen LogP) is 5.03. The van der Waals surface area contributed by atoms with Gasteiger partial charge in [0, 0.05) is 0 Å². The Morgan fingerprint density at radius 2 is 1.26 bits per heavy atom. The van der Waals surface area contributed by atoms with E-state index < -0.39 is 5.60 Å². The Balaban J connectivity index is 0. The SMILES string of the molecule is C.CC(C)(OO)c1ccccc1.CC(C)=O.Oc1ccccc1. The quantitative estimate of drug-likeness (QED) is 0.601. The molecular weight excluding hydrogens is 292 g/mol. The second-order valence-electron chi connectivity index (χ2n) is 5.21. The van der Waals surface area contributed by atoms with Gasteiger partial charge in [-0.1, -0.05) is 56.0 Å². The van der Waals surface area contributed by atoms with E-state index in [1.807, 2.05) is 50.2 Å². The van der Waals surface area contributed by atoms with Gasteiger partial charge in [0.2, 0.25) is 0 Å². The van der Waals surface area contributed by atoms with Gasteiger partial charge in [-0.3, -0.25) is 5.26 Å². The van der Waals surface area contributed by atoms with Crippen LogP contribution in [-0.2, 0) is 15.3 Å². The molecule has 2 N–H and O–H groups in total. The molecule has 0 fully saturated rings. The lowest BCUT2D eigenvalue weighted by molar-refractivity contribution is -0.318. The number of benzene rings is 2. The van der Waals surface area contributed by atoms with Crippen molar-refractivity contribution < 1.29 is 20.0 Å². The molecule has 0 aliphatic heterocycles. The van der Waals surface area contributed by atoms with Crippen LogP contribution in [0.15, 0.2) is 60.7 Å². The van der Waals surface area contributed by atoms with E-state index in [1.54, 1.807) is 24.3 Å². The summed E-state index contributed by atoms with van der Waals surface area (Å²) in [6.07, 6.45) is 0. The van der Waals surface area contributed by atoms with Gasteiger partial charge >= 0.3 is 0 Å². The summed E-state index contributed by atoms with van der Waals surface area (Å²) in [6, 6.07) is 18.3. The highest BCUT2D eigenvalue weighted by molar-refractivity contribution is 5.72. The second kappa shape index (κ2) is 12.4. The van der Waals surface area contributed by atoms with E-state index >= 15 is 0 Å². The van der Waals surface area contributed by atoms with Gasteiger partial charge < -0.3 is 9.90 Å². The van der Waals surface area contributed by atoms with E-state index in [1.165, 1.54) is 13.8 Å². The van der Waals surface area contributed by atoms with Crippen molar-refractivity contribution in [1.82, 2.24) is 0 Å². The molecule has 0 aliphatic rings. The van der Waals surface area contributed by atoms with Crippen molar-refractivity contribution in [3.63, 3.8) is 0 Å². The predicted molar refractivity (Wildman–Crippen MR) is 94.4 cm³/mol. The second-order valence-corrected chi connectivity index (χ2v) is 5.21. The van der Waals surface area contributed by atoms with Crippen LogP contribution in [0.25, 0.3) is 0 Å². The topological polar surface area (TPSA) is 66.8 Å². The number of para-hydroxylation sites is 1. The van der Waals surface area contributed by atoms with Gasteiger partial charge in [-0.05, 0) is 45.4 Å². The zero-order valence-corrected chi connectivity index (χ0v) is 13.5. The summed E-state index contributed by atoms with van der Waals surface area (Å²) in [5.74, 6) is 0.488.